The van der Waals surface area contributed by atoms with Crippen molar-refractivity contribution in [2.24, 2.45) is 5.92 Å². The summed E-state index contributed by atoms with van der Waals surface area (Å²) in [6.07, 6.45) is 13.5. The van der Waals surface area contributed by atoms with Crippen molar-refractivity contribution in [3.63, 3.8) is 0 Å². The van der Waals surface area contributed by atoms with Crippen molar-refractivity contribution in [1.82, 2.24) is 10.2 Å². The van der Waals surface area contributed by atoms with Crippen molar-refractivity contribution in [2.75, 3.05) is 19.6 Å². The highest BCUT2D eigenvalue weighted by Crippen LogP contribution is 2.28. The fourth-order valence-electron chi connectivity index (χ4n) is 3.20. The lowest BCUT2D eigenvalue weighted by Gasteiger charge is -2.32. The summed E-state index contributed by atoms with van der Waals surface area (Å²) in [6.45, 7) is 5.39. The van der Waals surface area contributed by atoms with Gasteiger partial charge < -0.3 is 10.2 Å². The van der Waals surface area contributed by atoms with Gasteiger partial charge in [0.25, 0.3) is 0 Å². The molecule has 1 heterocycles. The van der Waals surface area contributed by atoms with Crippen LogP contribution in [0.4, 0.5) is 0 Å². The maximum Gasteiger partial charge on any atom is 0.222 e. The number of carbonyl (C=O) groups is 1. The molecule has 0 atom stereocenters. The maximum atomic E-state index is 12.2. The van der Waals surface area contributed by atoms with Gasteiger partial charge in [0.05, 0.1) is 0 Å². The van der Waals surface area contributed by atoms with Crippen LogP contribution in [0, 0.1) is 5.92 Å². The minimum absolute atomic E-state index is 0.395. The summed E-state index contributed by atoms with van der Waals surface area (Å²) >= 11 is 0. The van der Waals surface area contributed by atoms with Crippen molar-refractivity contribution in [3.05, 3.63) is 0 Å². The van der Waals surface area contributed by atoms with Crippen LogP contribution in [0.5, 0.6) is 0 Å². The molecule has 1 amide bonds. The van der Waals surface area contributed by atoms with Gasteiger partial charge in [-0.1, -0.05) is 39.0 Å². The zero-order valence-corrected chi connectivity index (χ0v) is 13.9. The number of nitrogens with zero attached hydrogens (tertiary/aromatic N) is 1. The molecular formula is C18H34N2O. The van der Waals surface area contributed by atoms with Crippen LogP contribution in [0.2, 0.25) is 0 Å². The quantitative estimate of drug-likeness (QED) is 0.623. The van der Waals surface area contributed by atoms with E-state index in [2.05, 4.69) is 17.1 Å². The fourth-order valence-corrected chi connectivity index (χ4v) is 3.20. The zero-order chi connectivity index (χ0) is 14.9. The lowest BCUT2D eigenvalue weighted by Crippen LogP contribution is -2.45. The van der Waals surface area contributed by atoms with Crippen LogP contribution in [-0.4, -0.2) is 36.5 Å². The molecule has 0 bridgehead atoms. The van der Waals surface area contributed by atoms with E-state index in [1.807, 2.05) is 0 Å². The highest BCUT2D eigenvalue weighted by molar-refractivity contribution is 5.76. The van der Waals surface area contributed by atoms with Crippen molar-refractivity contribution >= 4 is 5.91 Å². The summed E-state index contributed by atoms with van der Waals surface area (Å²) in [5.41, 5.74) is 0. The van der Waals surface area contributed by atoms with Crippen molar-refractivity contribution in [3.8, 4) is 0 Å². The van der Waals surface area contributed by atoms with E-state index in [-0.39, 0.29) is 0 Å². The topological polar surface area (TPSA) is 32.3 Å². The lowest BCUT2D eigenvalue weighted by atomic mass is 10.0. The number of rotatable bonds is 10. The molecule has 1 aliphatic carbocycles. The van der Waals surface area contributed by atoms with Gasteiger partial charge >= 0.3 is 0 Å². The molecular weight excluding hydrogens is 260 g/mol. The van der Waals surface area contributed by atoms with Gasteiger partial charge in [-0.15, -0.1) is 0 Å². The summed E-state index contributed by atoms with van der Waals surface area (Å²) in [4.78, 5) is 14.3. The second-order valence-electron chi connectivity index (χ2n) is 7.02. The minimum Gasteiger partial charge on any atom is -0.343 e. The molecule has 1 saturated heterocycles. The van der Waals surface area contributed by atoms with Crippen LogP contribution in [-0.2, 0) is 4.79 Å². The summed E-state index contributed by atoms with van der Waals surface area (Å²) in [5.74, 6) is 1.35. The van der Waals surface area contributed by atoms with Gasteiger partial charge in [-0.25, -0.2) is 0 Å². The third-order valence-corrected chi connectivity index (χ3v) is 4.98. The molecule has 0 unspecified atom stereocenters. The van der Waals surface area contributed by atoms with Gasteiger partial charge in [-0.3, -0.25) is 4.79 Å². The third kappa shape index (κ3) is 6.82. The van der Waals surface area contributed by atoms with Gasteiger partial charge in [0.2, 0.25) is 5.91 Å². The number of carbonyl (C=O) groups excluding carboxylic acids is 1. The average molecular weight is 294 g/mol. The van der Waals surface area contributed by atoms with Gasteiger partial charge in [0.1, 0.15) is 0 Å². The highest BCUT2D eigenvalue weighted by Gasteiger charge is 2.25. The fraction of sp³-hybridized carbons (Fsp3) is 0.944. The predicted octanol–water partition coefficient (Wildman–Crippen LogP) is 3.73. The Morgan fingerprint density at radius 1 is 1.00 bits per heavy atom. The number of piperidine rings is 1. The van der Waals surface area contributed by atoms with Crippen molar-refractivity contribution in [2.45, 2.75) is 83.6 Å². The minimum atomic E-state index is 0.395. The molecule has 3 nitrogen and oxygen atoms in total. The number of hydrogen-bond donors (Lipinski definition) is 1. The first-order valence-corrected chi connectivity index (χ1v) is 9.30. The van der Waals surface area contributed by atoms with Crippen LogP contribution in [0.1, 0.15) is 77.6 Å². The Morgan fingerprint density at radius 2 is 1.67 bits per heavy atom. The number of amides is 1. The standard InChI is InChI=1S/C18H34N2O/c1-2-3-4-5-6-7-8-18(21)20-13-11-17(12-14-20)19-15-16-9-10-16/h16-17,19H,2-15H2,1H3. The number of unbranched alkanes of at least 4 members (excludes halogenated alkanes) is 5. The molecule has 1 aliphatic heterocycles. The van der Waals surface area contributed by atoms with Gasteiger partial charge in [0.15, 0.2) is 0 Å². The predicted molar refractivity (Wildman–Crippen MR) is 88.3 cm³/mol. The van der Waals surface area contributed by atoms with Gasteiger partial charge in [-0.2, -0.15) is 0 Å². The highest BCUT2D eigenvalue weighted by atomic mass is 16.2. The summed E-state index contributed by atoms with van der Waals surface area (Å²) in [6, 6.07) is 0.656. The van der Waals surface area contributed by atoms with Crippen LogP contribution >= 0.6 is 0 Å². The molecule has 1 N–H and O–H groups in total. The van der Waals surface area contributed by atoms with Gasteiger partial charge in [-0.05, 0) is 44.6 Å². The van der Waals surface area contributed by atoms with Crippen molar-refractivity contribution < 1.29 is 4.79 Å². The largest absolute Gasteiger partial charge is 0.343 e. The zero-order valence-electron chi connectivity index (χ0n) is 13.9. The molecule has 0 aromatic rings. The molecule has 2 aliphatic rings. The number of hydrogen-bond acceptors (Lipinski definition) is 2. The molecule has 122 valence electrons. The van der Waals surface area contributed by atoms with E-state index in [1.54, 1.807) is 0 Å². The van der Waals surface area contributed by atoms with Crippen LogP contribution in [0.15, 0.2) is 0 Å². The Morgan fingerprint density at radius 3 is 2.33 bits per heavy atom. The Kier molecular flexibility index (Phi) is 7.56. The molecule has 1 saturated carbocycles. The van der Waals surface area contributed by atoms with E-state index in [9.17, 15) is 4.79 Å². The number of nitrogens with one attached hydrogen (secondary N) is 1. The SMILES string of the molecule is CCCCCCCCC(=O)N1CCC(NCC2CC2)CC1. The third-order valence-electron chi connectivity index (χ3n) is 4.98. The first-order chi connectivity index (χ1) is 10.3. The van der Waals surface area contributed by atoms with Crippen LogP contribution in [0.25, 0.3) is 0 Å². The van der Waals surface area contributed by atoms with Crippen molar-refractivity contribution in [1.29, 1.82) is 0 Å². The summed E-state index contributed by atoms with van der Waals surface area (Å²) in [7, 11) is 0. The molecule has 21 heavy (non-hydrogen) atoms. The maximum absolute atomic E-state index is 12.2. The first-order valence-electron chi connectivity index (χ1n) is 9.30. The Balaban J connectivity index is 1.48. The summed E-state index contributed by atoms with van der Waals surface area (Å²) < 4.78 is 0. The normalized spacial score (nSPS) is 20.0. The smallest absolute Gasteiger partial charge is 0.222 e. The Labute approximate surface area is 130 Å². The van der Waals surface area contributed by atoms with E-state index in [1.165, 1.54) is 51.5 Å². The van der Waals surface area contributed by atoms with E-state index in [4.69, 9.17) is 0 Å². The van der Waals surface area contributed by atoms with Crippen LogP contribution in [0.3, 0.4) is 0 Å². The molecule has 2 fully saturated rings. The summed E-state index contributed by atoms with van der Waals surface area (Å²) in [5, 5.41) is 3.68. The molecule has 0 aromatic carbocycles. The van der Waals surface area contributed by atoms with E-state index < -0.39 is 0 Å². The Bertz CT molecular complexity index is 294. The molecule has 0 aromatic heterocycles. The molecule has 2 rings (SSSR count). The van der Waals surface area contributed by atoms with E-state index >= 15 is 0 Å². The monoisotopic (exact) mass is 294 g/mol. The Hall–Kier alpha value is -0.570. The molecule has 3 heteroatoms. The number of likely N-dealkylation sites (tertiary alicyclic amines) is 1. The van der Waals surface area contributed by atoms with E-state index in [0.29, 0.717) is 11.9 Å². The molecule has 0 radical (unpaired) electrons. The average Bonchev–Trinajstić information content (AvgIpc) is 3.33. The van der Waals surface area contributed by atoms with E-state index in [0.717, 1.165) is 44.7 Å². The van der Waals surface area contributed by atoms with Gasteiger partial charge in [0, 0.05) is 25.6 Å². The second kappa shape index (κ2) is 9.45. The molecule has 0 spiro atoms. The van der Waals surface area contributed by atoms with Crippen LogP contribution < -0.4 is 5.32 Å². The lowest BCUT2D eigenvalue weighted by molar-refractivity contribution is -0.132. The second-order valence-corrected chi connectivity index (χ2v) is 7.02. The first kappa shape index (κ1) is 16.8.